The van der Waals surface area contributed by atoms with Crippen molar-refractivity contribution in [2.75, 3.05) is 5.32 Å². The van der Waals surface area contributed by atoms with Gasteiger partial charge in [0.2, 0.25) is 0 Å². The summed E-state index contributed by atoms with van der Waals surface area (Å²) < 4.78 is 56.7. The minimum absolute atomic E-state index is 0.0130. The van der Waals surface area contributed by atoms with E-state index in [2.05, 4.69) is 25.6 Å². The van der Waals surface area contributed by atoms with Gasteiger partial charge in [0, 0.05) is 0 Å². The molecule has 3 heterocycles. The highest BCUT2D eigenvalue weighted by Crippen LogP contribution is 2.36. The standard InChI is InChI=1S/C22H16F4N8O/c1-12-16(4-3-5-18(12)23)13(2)33-19(22(24,25)26)17(11-31-33)21(35)32-15-8-14(9-27)20(28-10-15)34-29-6-7-30-34/h3-8,10-11,13H,1-2H3,(H,32,35). The predicted molar refractivity (Wildman–Crippen MR) is 114 cm³/mol. The first kappa shape index (κ1) is 23.6. The van der Waals surface area contributed by atoms with Crippen molar-refractivity contribution in [1.82, 2.24) is 29.8 Å². The second-order valence-corrected chi connectivity index (χ2v) is 7.46. The number of halogens is 4. The molecule has 0 saturated heterocycles. The molecule has 0 aliphatic rings. The normalized spacial score (nSPS) is 12.3. The Hall–Kier alpha value is -4.60. The van der Waals surface area contributed by atoms with Gasteiger partial charge in [0.25, 0.3) is 5.91 Å². The van der Waals surface area contributed by atoms with E-state index in [1.54, 1.807) is 0 Å². The number of benzene rings is 1. The maximum absolute atomic E-state index is 14.0. The van der Waals surface area contributed by atoms with Crippen LogP contribution in [0.4, 0.5) is 23.2 Å². The van der Waals surface area contributed by atoms with E-state index >= 15 is 0 Å². The molecule has 3 aromatic heterocycles. The Morgan fingerprint density at radius 2 is 1.89 bits per heavy atom. The number of amides is 1. The zero-order valence-corrected chi connectivity index (χ0v) is 18.2. The first-order chi connectivity index (χ1) is 16.6. The van der Waals surface area contributed by atoms with Crippen molar-refractivity contribution in [2.45, 2.75) is 26.1 Å². The van der Waals surface area contributed by atoms with E-state index in [0.717, 1.165) is 17.2 Å². The molecule has 4 rings (SSSR count). The van der Waals surface area contributed by atoms with E-state index in [-0.39, 0.29) is 28.2 Å². The second kappa shape index (κ2) is 8.98. The third-order valence-corrected chi connectivity index (χ3v) is 5.29. The molecule has 9 nitrogen and oxygen atoms in total. The highest BCUT2D eigenvalue weighted by molar-refractivity contribution is 6.05. The number of hydrogen-bond donors (Lipinski definition) is 1. The third kappa shape index (κ3) is 4.45. The lowest BCUT2D eigenvalue weighted by Gasteiger charge is -2.20. The molecule has 1 unspecified atom stereocenters. The van der Waals surface area contributed by atoms with Crippen LogP contribution < -0.4 is 5.32 Å². The van der Waals surface area contributed by atoms with Gasteiger partial charge in [-0.2, -0.15) is 33.7 Å². The Labute approximate surface area is 195 Å². The summed E-state index contributed by atoms with van der Waals surface area (Å²) >= 11 is 0. The first-order valence-electron chi connectivity index (χ1n) is 10.1. The molecule has 35 heavy (non-hydrogen) atoms. The maximum atomic E-state index is 14.0. The van der Waals surface area contributed by atoms with E-state index in [4.69, 9.17) is 0 Å². The summed E-state index contributed by atoms with van der Waals surface area (Å²) in [7, 11) is 0. The lowest BCUT2D eigenvalue weighted by atomic mass is 10.0. The van der Waals surface area contributed by atoms with E-state index in [1.165, 1.54) is 50.5 Å². The summed E-state index contributed by atoms with van der Waals surface area (Å²) in [4.78, 5) is 17.9. The van der Waals surface area contributed by atoms with Crippen molar-refractivity contribution >= 4 is 11.6 Å². The largest absolute Gasteiger partial charge is 0.433 e. The Bertz CT molecular complexity index is 1440. The van der Waals surface area contributed by atoms with Gasteiger partial charge in [0.05, 0.1) is 42.1 Å². The van der Waals surface area contributed by atoms with E-state index in [0.29, 0.717) is 4.68 Å². The fraction of sp³-hybridized carbons (Fsp3) is 0.182. The summed E-state index contributed by atoms with van der Waals surface area (Å²) in [6.45, 7) is 2.88. The average molecular weight is 484 g/mol. The van der Waals surface area contributed by atoms with Gasteiger partial charge < -0.3 is 5.32 Å². The van der Waals surface area contributed by atoms with Crippen LogP contribution in [0.1, 0.15) is 45.7 Å². The summed E-state index contributed by atoms with van der Waals surface area (Å²) in [5.41, 5.74) is -1.60. The van der Waals surface area contributed by atoms with E-state index < -0.39 is 35.2 Å². The maximum Gasteiger partial charge on any atom is 0.433 e. The molecule has 1 amide bonds. The number of hydrogen-bond acceptors (Lipinski definition) is 6. The van der Waals surface area contributed by atoms with Crippen LogP contribution in [-0.2, 0) is 6.18 Å². The van der Waals surface area contributed by atoms with Gasteiger partial charge in [-0.1, -0.05) is 12.1 Å². The van der Waals surface area contributed by atoms with E-state index in [9.17, 15) is 27.6 Å². The molecular formula is C22H16F4N8O. The van der Waals surface area contributed by atoms with Crippen LogP contribution in [0.25, 0.3) is 5.82 Å². The van der Waals surface area contributed by atoms with Gasteiger partial charge in [-0.15, -0.1) is 4.80 Å². The van der Waals surface area contributed by atoms with Crippen molar-refractivity contribution < 1.29 is 22.4 Å². The molecule has 1 N–H and O–H groups in total. The third-order valence-electron chi connectivity index (χ3n) is 5.29. The van der Waals surface area contributed by atoms with Crippen LogP contribution >= 0.6 is 0 Å². The fourth-order valence-corrected chi connectivity index (χ4v) is 3.60. The zero-order valence-electron chi connectivity index (χ0n) is 18.2. The van der Waals surface area contributed by atoms with Crippen LogP contribution in [0.5, 0.6) is 0 Å². The van der Waals surface area contributed by atoms with Crippen molar-refractivity contribution in [1.29, 1.82) is 5.26 Å². The average Bonchev–Trinajstić information content (AvgIpc) is 3.50. The Morgan fingerprint density at radius 3 is 2.54 bits per heavy atom. The van der Waals surface area contributed by atoms with Gasteiger partial charge in [-0.05, 0) is 37.1 Å². The Morgan fingerprint density at radius 1 is 1.17 bits per heavy atom. The predicted octanol–water partition coefficient (Wildman–Crippen LogP) is 4.06. The molecule has 0 saturated carbocycles. The number of pyridine rings is 1. The molecule has 1 atom stereocenters. The fourth-order valence-electron chi connectivity index (χ4n) is 3.60. The molecule has 0 spiro atoms. The highest BCUT2D eigenvalue weighted by atomic mass is 19.4. The quantitative estimate of drug-likeness (QED) is 0.428. The van der Waals surface area contributed by atoms with Crippen LogP contribution in [-0.4, -0.2) is 35.7 Å². The Balaban J connectivity index is 1.69. The SMILES string of the molecule is Cc1c(F)cccc1C(C)n1ncc(C(=O)Nc2cnc(-n3nccn3)c(C#N)c2)c1C(F)(F)F. The van der Waals surface area contributed by atoms with Crippen LogP contribution in [0.3, 0.4) is 0 Å². The number of aromatic nitrogens is 6. The molecule has 0 bridgehead atoms. The minimum Gasteiger partial charge on any atom is -0.320 e. The monoisotopic (exact) mass is 484 g/mol. The summed E-state index contributed by atoms with van der Waals surface area (Å²) in [6.07, 6.45) is -0.232. The number of alkyl halides is 3. The molecule has 0 aliphatic carbocycles. The number of nitrogens with one attached hydrogen (secondary N) is 1. The van der Waals surface area contributed by atoms with E-state index in [1.807, 2.05) is 6.07 Å². The summed E-state index contributed by atoms with van der Waals surface area (Å²) in [5, 5.41) is 23.3. The molecule has 0 fully saturated rings. The van der Waals surface area contributed by atoms with Gasteiger partial charge in [-0.25, -0.2) is 9.37 Å². The second-order valence-electron chi connectivity index (χ2n) is 7.46. The Kier molecular flexibility index (Phi) is 6.04. The lowest BCUT2D eigenvalue weighted by Crippen LogP contribution is -2.23. The number of carbonyl (C=O) groups excluding carboxylic acids is 1. The molecule has 4 aromatic rings. The topological polar surface area (TPSA) is 114 Å². The smallest absolute Gasteiger partial charge is 0.320 e. The number of carbonyl (C=O) groups is 1. The summed E-state index contributed by atoms with van der Waals surface area (Å²) in [6, 6.07) is 6.19. The number of nitrogens with zero attached hydrogens (tertiary/aromatic N) is 7. The van der Waals surface area contributed by atoms with Crippen molar-refractivity contribution in [2.24, 2.45) is 0 Å². The van der Waals surface area contributed by atoms with Crippen molar-refractivity contribution in [3.05, 3.63) is 82.8 Å². The van der Waals surface area contributed by atoms with Crippen molar-refractivity contribution in [3.63, 3.8) is 0 Å². The summed E-state index contributed by atoms with van der Waals surface area (Å²) in [5.74, 6) is -1.59. The van der Waals surface area contributed by atoms with Crippen LogP contribution in [0.2, 0.25) is 0 Å². The van der Waals surface area contributed by atoms with Crippen molar-refractivity contribution in [3.8, 4) is 11.9 Å². The lowest BCUT2D eigenvalue weighted by molar-refractivity contribution is -0.144. The number of anilines is 1. The zero-order chi connectivity index (χ0) is 25.3. The minimum atomic E-state index is -4.94. The highest BCUT2D eigenvalue weighted by Gasteiger charge is 2.41. The molecule has 0 aliphatic heterocycles. The molecule has 1 aromatic carbocycles. The molecule has 0 radical (unpaired) electrons. The number of nitriles is 1. The number of rotatable bonds is 5. The van der Waals surface area contributed by atoms with Gasteiger partial charge >= 0.3 is 6.18 Å². The first-order valence-corrected chi connectivity index (χ1v) is 10.1. The molecule has 178 valence electrons. The van der Waals surface area contributed by atoms with Gasteiger partial charge in [-0.3, -0.25) is 9.48 Å². The molecule has 13 heteroatoms. The van der Waals surface area contributed by atoms with Gasteiger partial charge in [0.15, 0.2) is 11.5 Å². The molecular weight excluding hydrogens is 468 g/mol. The van der Waals surface area contributed by atoms with Gasteiger partial charge in [0.1, 0.15) is 17.4 Å². The van der Waals surface area contributed by atoms with Crippen LogP contribution in [0, 0.1) is 24.1 Å². The van der Waals surface area contributed by atoms with Crippen LogP contribution in [0.15, 0.2) is 49.1 Å².